The summed E-state index contributed by atoms with van der Waals surface area (Å²) in [5.41, 5.74) is -1.79. The Morgan fingerprint density at radius 1 is 1.40 bits per heavy atom. The van der Waals surface area contributed by atoms with Crippen LogP contribution in [-0.2, 0) is 0 Å². The van der Waals surface area contributed by atoms with Crippen LogP contribution >= 0.6 is 0 Å². The number of carbonyl (C=O) groups is 1. The zero-order valence-corrected chi connectivity index (χ0v) is 10.4. The van der Waals surface area contributed by atoms with Crippen LogP contribution in [0.25, 0.3) is 0 Å². The van der Waals surface area contributed by atoms with Gasteiger partial charge in [0.1, 0.15) is 5.82 Å². The number of halogens is 2. The minimum Gasteiger partial charge on any atom is -0.352 e. The number of nitro benzene ring substituents is 1. The highest BCUT2D eigenvalue weighted by Crippen LogP contribution is 2.22. The van der Waals surface area contributed by atoms with E-state index in [1.165, 1.54) is 0 Å². The highest BCUT2D eigenvalue weighted by Gasteiger charge is 2.23. The van der Waals surface area contributed by atoms with Crippen molar-refractivity contribution in [3.05, 3.63) is 39.4 Å². The largest absolute Gasteiger partial charge is 0.352 e. The third-order valence-electron chi connectivity index (χ3n) is 2.46. The van der Waals surface area contributed by atoms with Gasteiger partial charge in [-0.3, -0.25) is 14.9 Å². The minimum absolute atomic E-state index is 0.171. The zero-order valence-electron chi connectivity index (χ0n) is 10.4. The van der Waals surface area contributed by atoms with Gasteiger partial charge in [-0.25, -0.2) is 4.39 Å². The first-order valence-corrected chi connectivity index (χ1v) is 5.76. The summed E-state index contributed by atoms with van der Waals surface area (Å²) >= 11 is 0. The Bertz CT molecular complexity index is 570. The molecule has 1 rings (SSSR count). The number of nitrogens with one attached hydrogen (secondary N) is 1. The lowest BCUT2D eigenvalue weighted by Gasteiger charge is -2.06. The first-order chi connectivity index (χ1) is 9.47. The molecule has 0 atom stereocenters. The van der Waals surface area contributed by atoms with E-state index < -0.39 is 33.7 Å². The molecule has 0 aliphatic rings. The zero-order chi connectivity index (χ0) is 15.1. The lowest BCUT2D eigenvalue weighted by molar-refractivity contribution is -0.387. The Balaban J connectivity index is 2.78. The quantitative estimate of drug-likeness (QED) is 0.492. The van der Waals surface area contributed by atoms with Crippen molar-refractivity contribution in [3.63, 3.8) is 0 Å². The fourth-order valence-corrected chi connectivity index (χ4v) is 1.50. The molecule has 0 radical (unpaired) electrons. The van der Waals surface area contributed by atoms with Gasteiger partial charge in [-0.05, 0) is 18.9 Å². The second-order valence-corrected chi connectivity index (χ2v) is 3.91. The van der Waals surface area contributed by atoms with E-state index in [1.54, 1.807) is 0 Å². The summed E-state index contributed by atoms with van der Waals surface area (Å²) in [5, 5.41) is 21.1. The molecule has 0 aliphatic heterocycles. The van der Waals surface area contributed by atoms with Gasteiger partial charge in [-0.2, -0.15) is 9.65 Å². The number of nitro groups is 1. The summed E-state index contributed by atoms with van der Waals surface area (Å²) in [6.07, 6.45) is 1.39. The molecular formula is C12H11F2N3O3. The number of carbonyl (C=O) groups excluding carboxylic acids is 1. The van der Waals surface area contributed by atoms with Crippen LogP contribution in [0, 0.1) is 33.1 Å². The standard InChI is InChI=1S/C12H11F2N3O3/c13-8-6-9(11(14)10(7-8)17(19)20)12(18)16-5-3-1-2-4-15/h6-7H,1-3,5H2,(H,16,18). The van der Waals surface area contributed by atoms with Gasteiger partial charge in [0.05, 0.1) is 22.6 Å². The molecule has 0 fully saturated rings. The molecule has 106 valence electrons. The average molecular weight is 283 g/mol. The number of hydrogen-bond donors (Lipinski definition) is 1. The maximum atomic E-state index is 13.7. The highest BCUT2D eigenvalue weighted by molar-refractivity contribution is 5.95. The first kappa shape index (κ1) is 15.5. The molecule has 8 heteroatoms. The van der Waals surface area contributed by atoms with E-state index in [0.717, 1.165) is 0 Å². The normalized spacial score (nSPS) is 9.85. The van der Waals surface area contributed by atoms with Gasteiger partial charge in [0.25, 0.3) is 5.91 Å². The molecule has 0 spiro atoms. The molecule has 0 saturated carbocycles. The Kier molecular flexibility index (Phi) is 5.53. The van der Waals surface area contributed by atoms with E-state index in [-0.39, 0.29) is 6.54 Å². The van der Waals surface area contributed by atoms with E-state index >= 15 is 0 Å². The van der Waals surface area contributed by atoms with Crippen LogP contribution in [0.15, 0.2) is 12.1 Å². The Hall–Kier alpha value is -2.56. The van der Waals surface area contributed by atoms with E-state index in [9.17, 15) is 23.7 Å². The molecule has 1 aromatic rings. The van der Waals surface area contributed by atoms with Crippen molar-refractivity contribution in [3.8, 4) is 6.07 Å². The molecule has 1 aromatic carbocycles. The fourth-order valence-electron chi connectivity index (χ4n) is 1.50. The van der Waals surface area contributed by atoms with Gasteiger partial charge in [0.2, 0.25) is 5.82 Å². The van der Waals surface area contributed by atoms with Crippen molar-refractivity contribution in [2.24, 2.45) is 0 Å². The van der Waals surface area contributed by atoms with Crippen LogP contribution in [0.2, 0.25) is 0 Å². The van der Waals surface area contributed by atoms with Crippen molar-refractivity contribution >= 4 is 11.6 Å². The number of nitriles is 1. The van der Waals surface area contributed by atoms with Crippen LogP contribution in [0.5, 0.6) is 0 Å². The summed E-state index contributed by atoms with van der Waals surface area (Å²) in [6.45, 7) is 0.171. The Morgan fingerprint density at radius 2 is 2.10 bits per heavy atom. The lowest BCUT2D eigenvalue weighted by Crippen LogP contribution is -2.25. The maximum absolute atomic E-state index is 13.7. The second kappa shape index (κ2) is 7.13. The highest BCUT2D eigenvalue weighted by atomic mass is 19.1. The molecule has 0 bridgehead atoms. The predicted molar refractivity (Wildman–Crippen MR) is 64.8 cm³/mol. The molecule has 6 nitrogen and oxygen atoms in total. The molecule has 0 unspecified atom stereocenters. The minimum atomic E-state index is -1.37. The van der Waals surface area contributed by atoms with Crippen LogP contribution in [0.3, 0.4) is 0 Å². The predicted octanol–water partition coefficient (Wildman–Crippen LogP) is 2.30. The third kappa shape index (κ3) is 3.98. The number of hydrogen-bond acceptors (Lipinski definition) is 4. The number of rotatable bonds is 6. The van der Waals surface area contributed by atoms with E-state index in [1.807, 2.05) is 6.07 Å². The van der Waals surface area contributed by atoms with Crippen molar-refractivity contribution < 1.29 is 18.5 Å². The van der Waals surface area contributed by atoms with E-state index in [2.05, 4.69) is 5.32 Å². The van der Waals surface area contributed by atoms with Crippen LogP contribution in [-0.4, -0.2) is 17.4 Å². The molecular weight excluding hydrogens is 272 g/mol. The summed E-state index contributed by atoms with van der Waals surface area (Å²) in [5.74, 6) is -3.36. The van der Waals surface area contributed by atoms with Crippen molar-refractivity contribution in [2.45, 2.75) is 19.3 Å². The summed E-state index contributed by atoms with van der Waals surface area (Å²) in [6, 6.07) is 2.95. The van der Waals surface area contributed by atoms with Crippen LogP contribution in [0.1, 0.15) is 29.6 Å². The van der Waals surface area contributed by atoms with Gasteiger partial charge < -0.3 is 5.32 Å². The van der Waals surface area contributed by atoms with Gasteiger partial charge in [-0.15, -0.1) is 0 Å². The van der Waals surface area contributed by atoms with Gasteiger partial charge in [0.15, 0.2) is 0 Å². The van der Waals surface area contributed by atoms with Crippen molar-refractivity contribution in [1.82, 2.24) is 5.32 Å². The number of amides is 1. The Labute approximate surface area is 113 Å². The molecule has 1 N–H and O–H groups in total. The van der Waals surface area contributed by atoms with Crippen LogP contribution < -0.4 is 5.32 Å². The Morgan fingerprint density at radius 3 is 2.70 bits per heavy atom. The van der Waals surface area contributed by atoms with Crippen molar-refractivity contribution in [2.75, 3.05) is 6.54 Å². The van der Waals surface area contributed by atoms with Gasteiger partial charge in [0, 0.05) is 13.0 Å². The summed E-state index contributed by atoms with van der Waals surface area (Å²) < 4.78 is 26.8. The molecule has 0 aliphatic carbocycles. The van der Waals surface area contributed by atoms with Crippen LogP contribution in [0.4, 0.5) is 14.5 Å². The number of unbranched alkanes of at least 4 members (excludes halogenated alkanes) is 2. The molecule has 1 amide bonds. The summed E-state index contributed by atoms with van der Waals surface area (Å²) in [4.78, 5) is 21.0. The van der Waals surface area contributed by atoms with Crippen molar-refractivity contribution in [1.29, 1.82) is 5.26 Å². The molecule has 0 saturated heterocycles. The number of benzene rings is 1. The smallest absolute Gasteiger partial charge is 0.308 e. The van der Waals surface area contributed by atoms with Gasteiger partial charge in [-0.1, -0.05) is 0 Å². The second-order valence-electron chi connectivity index (χ2n) is 3.91. The topological polar surface area (TPSA) is 96.0 Å². The monoisotopic (exact) mass is 283 g/mol. The maximum Gasteiger partial charge on any atom is 0.308 e. The SMILES string of the molecule is N#CCCCCNC(=O)c1cc(F)cc([N+](=O)[O-])c1F. The lowest BCUT2D eigenvalue weighted by atomic mass is 10.1. The number of nitrogens with zero attached hydrogens (tertiary/aromatic N) is 2. The third-order valence-corrected chi connectivity index (χ3v) is 2.46. The first-order valence-electron chi connectivity index (χ1n) is 5.76. The average Bonchev–Trinajstić information content (AvgIpc) is 2.40. The van der Waals surface area contributed by atoms with E-state index in [4.69, 9.17) is 5.26 Å². The van der Waals surface area contributed by atoms with Gasteiger partial charge >= 0.3 is 5.69 Å². The fraction of sp³-hybridized carbons (Fsp3) is 0.333. The molecule has 0 heterocycles. The summed E-state index contributed by atoms with van der Waals surface area (Å²) in [7, 11) is 0. The molecule has 20 heavy (non-hydrogen) atoms. The molecule has 0 aromatic heterocycles. The van der Waals surface area contributed by atoms with E-state index in [0.29, 0.717) is 31.4 Å².